The highest BCUT2D eigenvalue weighted by atomic mass is 16.4. The number of carbonyl (C=O) groups excluding carboxylic acids is 1. The monoisotopic (exact) mass is 459 g/mol. The van der Waals surface area contributed by atoms with Gasteiger partial charge in [0.2, 0.25) is 0 Å². The molecule has 0 spiro atoms. The molecule has 0 aliphatic rings. The zero-order chi connectivity index (χ0) is 25.1. The van der Waals surface area contributed by atoms with E-state index in [1.54, 1.807) is 18.9 Å². The van der Waals surface area contributed by atoms with Crippen molar-refractivity contribution >= 4 is 23.2 Å². The van der Waals surface area contributed by atoms with Crippen molar-refractivity contribution in [1.82, 2.24) is 9.78 Å². The lowest BCUT2D eigenvalue weighted by atomic mass is 10.0. The van der Waals surface area contributed by atoms with E-state index in [9.17, 15) is 4.79 Å². The molecule has 178 valence electrons. The van der Waals surface area contributed by atoms with Gasteiger partial charge in [0.1, 0.15) is 6.79 Å². The van der Waals surface area contributed by atoms with Gasteiger partial charge in [0.05, 0.1) is 16.8 Å². The van der Waals surface area contributed by atoms with Gasteiger partial charge < -0.3 is 14.4 Å². The Morgan fingerprint density at radius 1 is 0.941 bits per heavy atom. The van der Waals surface area contributed by atoms with Gasteiger partial charge in [-0.1, -0.05) is 61.5 Å². The summed E-state index contributed by atoms with van der Waals surface area (Å²) in [6.45, 7) is 7.13. The molecule has 34 heavy (non-hydrogen) atoms. The van der Waals surface area contributed by atoms with Crippen LogP contribution in [0.3, 0.4) is 0 Å². The molecule has 0 bridgehead atoms. The van der Waals surface area contributed by atoms with Gasteiger partial charge >= 0.3 is 0 Å². The summed E-state index contributed by atoms with van der Waals surface area (Å²) in [5.41, 5.74) is 4.62. The molecule has 6 heteroatoms. The molecule has 0 N–H and O–H groups in total. The fraction of sp³-hybridized carbons (Fsp3) is 0.250. The van der Waals surface area contributed by atoms with E-state index >= 15 is 0 Å². The quantitative estimate of drug-likeness (QED) is 0.406. The number of nitrogens with zero attached hydrogens (tertiary/aromatic N) is 3. The molecule has 0 aliphatic carbocycles. The molecule has 0 atom stereocenters. The van der Waals surface area contributed by atoms with Crippen LogP contribution in [0, 0.1) is 6.92 Å². The van der Waals surface area contributed by atoms with E-state index in [-0.39, 0.29) is 5.56 Å². The Labute approximate surface area is 201 Å². The third-order valence-electron chi connectivity index (χ3n) is 5.27. The van der Waals surface area contributed by atoms with Crippen LogP contribution in [0.5, 0.6) is 0 Å². The van der Waals surface area contributed by atoms with Crippen LogP contribution in [0.4, 0.5) is 5.69 Å². The lowest BCUT2D eigenvalue weighted by Crippen LogP contribution is -2.24. The Hall–Kier alpha value is -3.77. The van der Waals surface area contributed by atoms with Crippen LogP contribution in [0.2, 0.25) is 0 Å². The highest BCUT2D eigenvalue weighted by Gasteiger charge is 2.15. The summed E-state index contributed by atoms with van der Waals surface area (Å²) >= 11 is 0. The average Bonchev–Trinajstić information content (AvgIpc) is 2.87. The average molecular weight is 460 g/mol. The number of anilines is 1. The number of hydrogen-bond acceptors (Lipinski definition) is 5. The van der Waals surface area contributed by atoms with Crippen molar-refractivity contribution in [3.05, 3.63) is 88.7 Å². The fourth-order valence-corrected chi connectivity index (χ4v) is 3.69. The summed E-state index contributed by atoms with van der Waals surface area (Å²) in [5.74, 6) is 0. The van der Waals surface area contributed by atoms with Crippen molar-refractivity contribution in [3.63, 3.8) is 0 Å². The van der Waals surface area contributed by atoms with Crippen molar-refractivity contribution in [2.24, 2.45) is 0 Å². The van der Waals surface area contributed by atoms with Gasteiger partial charge in [0.25, 0.3) is 5.56 Å². The molecule has 0 fully saturated rings. The number of methoxy groups -OCH3 is 1. The summed E-state index contributed by atoms with van der Waals surface area (Å²) < 4.78 is 5.81. The first kappa shape index (κ1) is 26.5. The molecule has 0 amide bonds. The maximum absolute atomic E-state index is 13.4. The third-order valence-corrected chi connectivity index (χ3v) is 5.27. The van der Waals surface area contributed by atoms with E-state index in [2.05, 4.69) is 41.8 Å². The molecule has 0 unspecified atom stereocenters. The van der Waals surface area contributed by atoms with Crippen LogP contribution in [-0.4, -0.2) is 44.4 Å². The first-order valence-electron chi connectivity index (χ1n) is 11.1. The Morgan fingerprint density at radius 2 is 1.53 bits per heavy atom. The maximum Gasteiger partial charge on any atom is 0.279 e. The van der Waals surface area contributed by atoms with Crippen LogP contribution < -0.4 is 10.5 Å². The first-order chi connectivity index (χ1) is 16.5. The molecule has 1 aromatic heterocycles. The van der Waals surface area contributed by atoms with Gasteiger partial charge in [0, 0.05) is 44.4 Å². The molecule has 3 aromatic carbocycles. The molecule has 0 radical (unpaired) electrons. The van der Waals surface area contributed by atoms with Crippen LogP contribution in [0.25, 0.3) is 27.7 Å². The molecule has 1 heterocycles. The zero-order valence-corrected chi connectivity index (χ0v) is 20.6. The molecule has 0 saturated heterocycles. The number of benzene rings is 3. The van der Waals surface area contributed by atoms with E-state index in [0.29, 0.717) is 5.39 Å². The van der Waals surface area contributed by atoms with Gasteiger partial charge in [-0.25, -0.2) is 0 Å². The summed E-state index contributed by atoms with van der Waals surface area (Å²) in [7, 11) is 5.32. The van der Waals surface area contributed by atoms with Gasteiger partial charge in [-0.05, 0) is 37.1 Å². The lowest BCUT2D eigenvalue weighted by molar-refractivity contribution is -0.0979. The molecule has 4 rings (SSSR count). The minimum Gasteiger partial charge on any atom is -0.388 e. The Morgan fingerprint density at radius 3 is 2.15 bits per heavy atom. The van der Waals surface area contributed by atoms with Crippen molar-refractivity contribution in [2.45, 2.75) is 20.3 Å². The minimum absolute atomic E-state index is 0.0984. The Balaban J connectivity index is 0.000000758. The van der Waals surface area contributed by atoms with E-state index in [1.165, 1.54) is 0 Å². The fourth-order valence-electron chi connectivity index (χ4n) is 3.69. The molecular formula is C28H33N3O3. The summed E-state index contributed by atoms with van der Waals surface area (Å²) in [6.07, 6.45) is 1.06. The Bertz CT molecular complexity index is 1250. The smallest absolute Gasteiger partial charge is 0.279 e. The summed E-state index contributed by atoms with van der Waals surface area (Å²) in [6, 6.07) is 23.9. The van der Waals surface area contributed by atoms with Crippen molar-refractivity contribution < 1.29 is 9.53 Å². The first-order valence-corrected chi connectivity index (χ1v) is 11.1. The number of carbonyl (C=O) groups is 1. The summed E-state index contributed by atoms with van der Waals surface area (Å²) in [4.78, 5) is 23.6. The highest BCUT2D eigenvalue weighted by Crippen LogP contribution is 2.27. The number of aromatic nitrogens is 2. The molecule has 0 aliphatic heterocycles. The molecular weight excluding hydrogens is 426 g/mol. The zero-order valence-electron chi connectivity index (χ0n) is 20.6. The SMILES string of the molecule is C=O.CCCN(C)c1ccc(C)c(-n2nc(-c3ccccc3)c3ccccc3c2=O)c1.COC. The second kappa shape index (κ2) is 13.1. The highest BCUT2D eigenvalue weighted by molar-refractivity contribution is 5.93. The van der Waals surface area contributed by atoms with E-state index in [1.807, 2.05) is 68.3 Å². The standard InChI is InChI=1S/C25H25N3O.C2H6O.CH2O/c1-4-16-27(3)20-15-14-18(2)23(17-20)28-25(29)22-13-9-8-12-21(22)24(26-28)19-10-6-5-7-11-19;1-3-2;1-2/h5-15,17H,4,16H2,1-3H3;1-2H3;1H2. The molecule has 0 saturated carbocycles. The number of hydrogen-bond donors (Lipinski definition) is 0. The second-order valence-corrected chi connectivity index (χ2v) is 7.78. The predicted octanol–water partition coefficient (Wildman–Crippen LogP) is 5.29. The van der Waals surface area contributed by atoms with Crippen LogP contribution in [-0.2, 0) is 9.53 Å². The second-order valence-electron chi connectivity index (χ2n) is 7.78. The lowest BCUT2D eigenvalue weighted by Gasteiger charge is -2.20. The molecule has 6 nitrogen and oxygen atoms in total. The van der Waals surface area contributed by atoms with Crippen LogP contribution >= 0.6 is 0 Å². The minimum atomic E-state index is -0.0984. The van der Waals surface area contributed by atoms with Gasteiger partial charge in [-0.2, -0.15) is 9.78 Å². The third kappa shape index (κ3) is 5.97. The van der Waals surface area contributed by atoms with Crippen molar-refractivity contribution in [2.75, 3.05) is 32.7 Å². The largest absolute Gasteiger partial charge is 0.388 e. The summed E-state index contributed by atoms with van der Waals surface area (Å²) in [5, 5.41) is 6.38. The van der Waals surface area contributed by atoms with E-state index < -0.39 is 0 Å². The van der Waals surface area contributed by atoms with E-state index in [0.717, 1.165) is 46.5 Å². The number of ether oxygens (including phenoxy) is 1. The molecule has 4 aromatic rings. The van der Waals surface area contributed by atoms with Crippen molar-refractivity contribution in [1.29, 1.82) is 0 Å². The topological polar surface area (TPSA) is 64.4 Å². The number of rotatable bonds is 5. The predicted molar refractivity (Wildman–Crippen MR) is 141 cm³/mol. The van der Waals surface area contributed by atoms with Gasteiger partial charge in [-0.3, -0.25) is 4.79 Å². The van der Waals surface area contributed by atoms with Gasteiger partial charge in [0.15, 0.2) is 0 Å². The number of fused-ring (bicyclic) bond motifs is 1. The Kier molecular flexibility index (Phi) is 10.2. The number of aryl methyl sites for hydroxylation is 1. The van der Waals surface area contributed by atoms with Gasteiger partial charge in [-0.15, -0.1) is 0 Å². The normalized spacial score (nSPS) is 10.0. The maximum atomic E-state index is 13.4. The van der Waals surface area contributed by atoms with Crippen LogP contribution in [0.1, 0.15) is 18.9 Å². The van der Waals surface area contributed by atoms with E-state index in [4.69, 9.17) is 9.89 Å². The van der Waals surface area contributed by atoms with Crippen molar-refractivity contribution in [3.8, 4) is 16.9 Å². The van der Waals surface area contributed by atoms with Crippen LogP contribution in [0.15, 0.2) is 77.6 Å².